The molecule has 2 heterocycles. The highest BCUT2D eigenvalue weighted by molar-refractivity contribution is 5.96. The third-order valence-electron chi connectivity index (χ3n) is 4.19. The normalized spacial score (nSPS) is 14.2. The van der Waals surface area contributed by atoms with Gasteiger partial charge in [0.25, 0.3) is 5.91 Å². The van der Waals surface area contributed by atoms with Gasteiger partial charge in [-0.25, -0.2) is 0 Å². The molecule has 0 saturated heterocycles. The predicted molar refractivity (Wildman–Crippen MR) is 84.4 cm³/mol. The van der Waals surface area contributed by atoms with Crippen LogP contribution in [0.3, 0.4) is 0 Å². The number of carbonyl (C=O) groups excluding carboxylic acids is 1. The number of halogens is 3. The maximum Gasteiger partial charge on any atom is 0.417 e. The van der Waals surface area contributed by atoms with E-state index >= 15 is 0 Å². The molecule has 1 aliphatic heterocycles. The number of hydrogen-bond donors (Lipinski definition) is 1. The Labute approximate surface area is 146 Å². The van der Waals surface area contributed by atoms with Gasteiger partial charge in [-0.15, -0.1) is 0 Å². The molecule has 6 nitrogen and oxygen atoms in total. The van der Waals surface area contributed by atoms with E-state index in [0.29, 0.717) is 17.9 Å². The summed E-state index contributed by atoms with van der Waals surface area (Å²) in [5.74, 6) is -1.62. The van der Waals surface area contributed by atoms with Gasteiger partial charge in [-0.2, -0.15) is 18.3 Å². The molecule has 1 aromatic heterocycles. The molecule has 0 bridgehead atoms. The molecule has 1 aliphatic rings. The molecule has 0 saturated carbocycles. The average Bonchev–Trinajstić information content (AvgIpc) is 3.00. The Morgan fingerprint density at radius 1 is 1.19 bits per heavy atom. The third kappa shape index (κ3) is 3.71. The zero-order valence-corrected chi connectivity index (χ0v) is 13.7. The first-order valence-corrected chi connectivity index (χ1v) is 7.98. The first-order chi connectivity index (χ1) is 12.3. The summed E-state index contributed by atoms with van der Waals surface area (Å²) in [6.07, 6.45) is -4.40. The highest BCUT2D eigenvalue weighted by atomic mass is 19.4. The summed E-state index contributed by atoms with van der Waals surface area (Å²) in [6.45, 7) is 0.714. The first-order valence-electron chi connectivity index (χ1n) is 7.98. The number of carbonyl (C=O) groups is 2. The van der Waals surface area contributed by atoms with Crippen LogP contribution in [0.1, 0.15) is 33.7 Å². The van der Waals surface area contributed by atoms with E-state index in [-0.39, 0.29) is 31.5 Å². The fourth-order valence-corrected chi connectivity index (χ4v) is 2.94. The van der Waals surface area contributed by atoms with Gasteiger partial charge in [-0.3, -0.25) is 14.3 Å². The molecule has 3 rings (SSSR count). The number of hydrogen-bond acceptors (Lipinski definition) is 3. The number of aryl methyl sites for hydroxylation is 1. The first kappa shape index (κ1) is 18.0. The number of carboxylic acids is 1. The highest BCUT2D eigenvalue weighted by Crippen LogP contribution is 2.32. The fourth-order valence-electron chi connectivity index (χ4n) is 2.94. The van der Waals surface area contributed by atoms with E-state index in [0.717, 1.165) is 6.07 Å². The zero-order valence-electron chi connectivity index (χ0n) is 13.7. The third-order valence-corrected chi connectivity index (χ3v) is 4.19. The summed E-state index contributed by atoms with van der Waals surface area (Å²) in [6, 6.07) is 6.42. The lowest BCUT2D eigenvalue weighted by Crippen LogP contribution is -2.39. The molecule has 1 N–H and O–H groups in total. The molecule has 9 heteroatoms. The molecule has 0 fully saturated rings. The van der Waals surface area contributed by atoms with Gasteiger partial charge in [0.2, 0.25) is 0 Å². The zero-order chi connectivity index (χ0) is 18.9. The van der Waals surface area contributed by atoms with Gasteiger partial charge in [0.1, 0.15) is 0 Å². The van der Waals surface area contributed by atoms with Gasteiger partial charge in [0.05, 0.1) is 42.0 Å². The molecule has 0 aliphatic carbocycles. The van der Waals surface area contributed by atoms with Crippen LogP contribution in [-0.2, 0) is 30.5 Å². The number of alkyl halides is 3. The molecular formula is C17H16F3N3O3. The molecule has 1 aromatic carbocycles. The van der Waals surface area contributed by atoms with Crippen molar-refractivity contribution in [1.82, 2.24) is 14.7 Å². The van der Waals surface area contributed by atoms with Crippen molar-refractivity contribution in [1.29, 1.82) is 0 Å². The Kier molecular flexibility index (Phi) is 4.71. The van der Waals surface area contributed by atoms with Crippen molar-refractivity contribution >= 4 is 11.9 Å². The molecule has 0 unspecified atom stereocenters. The highest BCUT2D eigenvalue weighted by Gasteiger charge is 2.36. The number of aliphatic carboxylic acids is 1. The summed E-state index contributed by atoms with van der Waals surface area (Å²) in [5, 5.41) is 13.0. The molecule has 138 valence electrons. The van der Waals surface area contributed by atoms with Gasteiger partial charge < -0.3 is 10.0 Å². The molecule has 26 heavy (non-hydrogen) atoms. The lowest BCUT2D eigenvalue weighted by atomic mass is 10.1. The number of fused-ring (bicyclic) bond motifs is 1. The Balaban J connectivity index is 1.79. The molecule has 0 atom stereocenters. The van der Waals surface area contributed by atoms with Crippen LogP contribution in [0.4, 0.5) is 13.2 Å². The summed E-state index contributed by atoms with van der Waals surface area (Å²) in [7, 11) is 0. The van der Waals surface area contributed by atoms with Gasteiger partial charge in [0, 0.05) is 13.0 Å². The number of benzene rings is 1. The Morgan fingerprint density at radius 3 is 2.62 bits per heavy atom. The SMILES string of the molecule is O=C(O)CCc1cc2n(n1)CCN(C(=O)c1ccccc1C(F)(F)F)C2. The number of carboxylic acid groups (broad SMARTS) is 1. The van der Waals surface area contributed by atoms with Gasteiger partial charge in [-0.1, -0.05) is 12.1 Å². The Hall–Kier alpha value is -2.84. The van der Waals surface area contributed by atoms with E-state index in [1.807, 2.05) is 0 Å². The second-order valence-corrected chi connectivity index (χ2v) is 6.01. The van der Waals surface area contributed by atoms with Crippen LogP contribution in [0, 0.1) is 0 Å². The smallest absolute Gasteiger partial charge is 0.417 e. The van der Waals surface area contributed by atoms with Gasteiger partial charge >= 0.3 is 12.1 Å². The summed E-state index contributed by atoms with van der Waals surface area (Å²) in [4.78, 5) is 24.6. The fraction of sp³-hybridized carbons (Fsp3) is 0.353. The van der Waals surface area contributed by atoms with Crippen molar-refractivity contribution in [2.75, 3.05) is 6.54 Å². The molecule has 0 radical (unpaired) electrons. The van der Waals surface area contributed by atoms with Crippen molar-refractivity contribution in [3.8, 4) is 0 Å². The minimum atomic E-state index is -4.60. The molecule has 1 amide bonds. The average molecular weight is 367 g/mol. The minimum Gasteiger partial charge on any atom is -0.481 e. The van der Waals surface area contributed by atoms with E-state index < -0.39 is 23.6 Å². The van der Waals surface area contributed by atoms with Crippen LogP contribution in [-0.4, -0.2) is 38.2 Å². The summed E-state index contributed by atoms with van der Waals surface area (Å²) < 4.78 is 41.1. The van der Waals surface area contributed by atoms with E-state index in [9.17, 15) is 22.8 Å². The number of aromatic nitrogens is 2. The van der Waals surface area contributed by atoms with Crippen LogP contribution < -0.4 is 0 Å². The largest absolute Gasteiger partial charge is 0.481 e. The Bertz CT molecular complexity index is 845. The van der Waals surface area contributed by atoms with Crippen LogP contribution in [0.25, 0.3) is 0 Å². The lowest BCUT2D eigenvalue weighted by molar-refractivity contribution is -0.138. The Morgan fingerprint density at radius 2 is 1.92 bits per heavy atom. The number of nitrogens with zero attached hydrogens (tertiary/aromatic N) is 3. The maximum atomic E-state index is 13.1. The van der Waals surface area contributed by atoms with Crippen molar-refractivity contribution in [2.24, 2.45) is 0 Å². The predicted octanol–water partition coefficient (Wildman–Crippen LogP) is 2.58. The number of amides is 1. The number of rotatable bonds is 4. The van der Waals surface area contributed by atoms with E-state index in [1.165, 1.54) is 23.1 Å². The van der Waals surface area contributed by atoms with Crippen LogP contribution in [0.5, 0.6) is 0 Å². The van der Waals surface area contributed by atoms with E-state index in [1.54, 1.807) is 10.7 Å². The topological polar surface area (TPSA) is 75.4 Å². The second kappa shape index (κ2) is 6.81. The quantitative estimate of drug-likeness (QED) is 0.901. The maximum absolute atomic E-state index is 13.1. The van der Waals surface area contributed by atoms with Gasteiger partial charge in [-0.05, 0) is 18.2 Å². The summed E-state index contributed by atoms with van der Waals surface area (Å²) >= 11 is 0. The van der Waals surface area contributed by atoms with Crippen LogP contribution in [0.2, 0.25) is 0 Å². The molecular weight excluding hydrogens is 351 g/mol. The monoisotopic (exact) mass is 367 g/mol. The van der Waals surface area contributed by atoms with Crippen molar-refractivity contribution in [3.05, 3.63) is 52.8 Å². The standard InChI is InChI=1S/C17H16F3N3O3/c18-17(19,20)14-4-2-1-3-13(14)16(26)22-7-8-23-12(10-22)9-11(21-23)5-6-15(24)25/h1-4,9H,5-8,10H2,(H,24,25). The lowest BCUT2D eigenvalue weighted by Gasteiger charge is -2.28. The van der Waals surface area contributed by atoms with Crippen LogP contribution >= 0.6 is 0 Å². The van der Waals surface area contributed by atoms with Gasteiger partial charge in [0.15, 0.2) is 0 Å². The second-order valence-electron chi connectivity index (χ2n) is 6.01. The molecule has 0 spiro atoms. The minimum absolute atomic E-state index is 0.0575. The van der Waals surface area contributed by atoms with E-state index in [4.69, 9.17) is 5.11 Å². The molecule has 2 aromatic rings. The van der Waals surface area contributed by atoms with Crippen molar-refractivity contribution in [3.63, 3.8) is 0 Å². The van der Waals surface area contributed by atoms with Crippen LogP contribution in [0.15, 0.2) is 30.3 Å². The van der Waals surface area contributed by atoms with Crippen molar-refractivity contribution < 1.29 is 27.9 Å². The van der Waals surface area contributed by atoms with E-state index in [2.05, 4.69) is 5.10 Å². The summed E-state index contributed by atoms with van der Waals surface area (Å²) in [5.41, 5.74) is -0.0628. The van der Waals surface area contributed by atoms with Crippen molar-refractivity contribution in [2.45, 2.75) is 32.1 Å².